The first-order valence-corrected chi connectivity index (χ1v) is 8.32. The molecule has 2 aromatic rings. The zero-order valence-corrected chi connectivity index (χ0v) is 15.1. The first kappa shape index (κ1) is 19.4. The zero-order chi connectivity index (χ0) is 19.2. The number of ether oxygens (including phenoxy) is 1. The van der Waals surface area contributed by atoms with Gasteiger partial charge >= 0.3 is 6.09 Å². The van der Waals surface area contributed by atoms with Gasteiger partial charge in [-0.15, -0.1) is 0 Å². The molecule has 0 radical (unpaired) electrons. The van der Waals surface area contributed by atoms with Crippen molar-refractivity contribution in [2.24, 2.45) is 0 Å². The van der Waals surface area contributed by atoms with Crippen molar-refractivity contribution in [3.05, 3.63) is 48.0 Å². The Morgan fingerprint density at radius 2 is 1.85 bits per heavy atom. The molecule has 2 N–H and O–H groups in total. The summed E-state index contributed by atoms with van der Waals surface area (Å²) in [5.41, 5.74) is -0.0866. The standard InChI is InChI=1S/C18H23FN4O3/c1-18(2,3)26-17(25)21-11-6-10-20-16(24)14-9-12-23(22-14)15-8-5-4-7-13(15)19/h4-5,7-9,12H,6,10-11H2,1-3H3,(H,20,24)(H,21,25). The molecule has 0 fully saturated rings. The molecule has 2 amide bonds. The minimum absolute atomic E-state index is 0.188. The normalized spacial score (nSPS) is 11.1. The van der Waals surface area contributed by atoms with E-state index < -0.39 is 17.5 Å². The predicted octanol–water partition coefficient (Wildman–Crippen LogP) is 2.66. The van der Waals surface area contributed by atoms with E-state index in [9.17, 15) is 14.0 Å². The van der Waals surface area contributed by atoms with Crippen LogP contribution in [0.1, 0.15) is 37.7 Å². The van der Waals surface area contributed by atoms with Gasteiger partial charge in [-0.3, -0.25) is 4.79 Å². The van der Waals surface area contributed by atoms with E-state index >= 15 is 0 Å². The Bertz CT molecular complexity index is 768. The van der Waals surface area contributed by atoms with Gasteiger partial charge in [-0.1, -0.05) is 12.1 Å². The monoisotopic (exact) mass is 362 g/mol. The molecule has 2 rings (SSSR count). The molecule has 140 valence electrons. The van der Waals surface area contributed by atoms with Crippen LogP contribution in [-0.2, 0) is 4.74 Å². The first-order valence-electron chi connectivity index (χ1n) is 8.32. The van der Waals surface area contributed by atoms with Gasteiger partial charge in [-0.05, 0) is 45.4 Å². The number of alkyl carbamates (subject to hydrolysis) is 1. The van der Waals surface area contributed by atoms with Crippen LogP contribution in [0.5, 0.6) is 0 Å². The number of hydrogen-bond donors (Lipinski definition) is 2. The molecule has 1 aromatic carbocycles. The molecule has 7 nitrogen and oxygen atoms in total. The van der Waals surface area contributed by atoms with Crippen molar-refractivity contribution in [3.63, 3.8) is 0 Å². The number of nitrogens with one attached hydrogen (secondary N) is 2. The number of halogens is 1. The third-order valence-corrected chi connectivity index (χ3v) is 3.23. The molecule has 0 unspecified atom stereocenters. The van der Waals surface area contributed by atoms with Crippen LogP contribution in [0, 0.1) is 5.82 Å². The topological polar surface area (TPSA) is 85.3 Å². The molecular formula is C18H23FN4O3. The van der Waals surface area contributed by atoms with E-state index in [0.29, 0.717) is 19.5 Å². The van der Waals surface area contributed by atoms with Gasteiger partial charge in [0.05, 0.1) is 0 Å². The van der Waals surface area contributed by atoms with Crippen molar-refractivity contribution >= 4 is 12.0 Å². The summed E-state index contributed by atoms with van der Waals surface area (Å²) < 4.78 is 20.2. The van der Waals surface area contributed by atoms with Crippen LogP contribution in [0.4, 0.5) is 9.18 Å². The number of carbonyl (C=O) groups excluding carboxylic acids is 2. The van der Waals surface area contributed by atoms with Crippen LogP contribution in [-0.4, -0.2) is 40.5 Å². The Morgan fingerprint density at radius 3 is 2.54 bits per heavy atom. The van der Waals surface area contributed by atoms with Gasteiger partial charge in [0.25, 0.3) is 5.91 Å². The number of amides is 2. The van der Waals surface area contributed by atoms with Crippen LogP contribution in [0.25, 0.3) is 5.69 Å². The molecule has 26 heavy (non-hydrogen) atoms. The lowest BCUT2D eigenvalue weighted by molar-refractivity contribution is 0.0527. The van der Waals surface area contributed by atoms with Gasteiger partial charge < -0.3 is 15.4 Å². The SMILES string of the molecule is CC(C)(C)OC(=O)NCCCNC(=O)c1ccn(-c2ccccc2F)n1. The Hall–Kier alpha value is -2.90. The highest BCUT2D eigenvalue weighted by Gasteiger charge is 2.15. The lowest BCUT2D eigenvalue weighted by Gasteiger charge is -2.19. The van der Waals surface area contributed by atoms with Crippen molar-refractivity contribution in [1.29, 1.82) is 0 Å². The quantitative estimate of drug-likeness (QED) is 0.774. The van der Waals surface area contributed by atoms with Crippen LogP contribution >= 0.6 is 0 Å². The van der Waals surface area contributed by atoms with E-state index in [1.165, 1.54) is 23.0 Å². The van der Waals surface area contributed by atoms with E-state index in [1.54, 1.807) is 39.0 Å². The van der Waals surface area contributed by atoms with Crippen molar-refractivity contribution < 1.29 is 18.7 Å². The molecular weight excluding hydrogens is 339 g/mol. The Morgan fingerprint density at radius 1 is 1.15 bits per heavy atom. The molecule has 0 bridgehead atoms. The molecule has 8 heteroatoms. The van der Waals surface area contributed by atoms with E-state index in [-0.39, 0.29) is 17.3 Å². The largest absolute Gasteiger partial charge is 0.444 e. The maximum atomic E-state index is 13.7. The number of aromatic nitrogens is 2. The van der Waals surface area contributed by atoms with Crippen LogP contribution in [0.2, 0.25) is 0 Å². The van der Waals surface area contributed by atoms with E-state index in [0.717, 1.165) is 0 Å². The van der Waals surface area contributed by atoms with E-state index in [1.807, 2.05) is 0 Å². The van der Waals surface area contributed by atoms with Gasteiger partial charge in [0.15, 0.2) is 5.69 Å². The predicted molar refractivity (Wildman–Crippen MR) is 94.7 cm³/mol. The first-order chi connectivity index (χ1) is 12.3. The Kier molecular flexibility index (Phi) is 6.32. The van der Waals surface area contributed by atoms with Crippen LogP contribution in [0.15, 0.2) is 36.5 Å². The van der Waals surface area contributed by atoms with Crippen LogP contribution in [0.3, 0.4) is 0 Å². The van der Waals surface area contributed by atoms with Crippen molar-refractivity contribution in [2.75, 3.05) is 13.1 Å². The van der Waals surface area contributed by atoms with Gasteiger partial charge in [-0.2, -0.15) is 5.10 Å². The fourth-order valence-electron chi connectivity index (χ4n) is 2.10. The van der Waals surface area contributed by atoms with Gasteiger partial charge in [-0.25, -0.2) is 13.9 Å². The number of rotatable bonds is 6. The average molecular weight is 362 g/mol. The summed E-state index contributed by atoms with van der Waals surface area (Å²) in [6.07, 6.45) is 1.57. The fourth-order valence-corrected chi connectivity index (χ4v) is 2.10. The van der Waals surface area contributed by atoms with Gasteiger partial charge in [0, 0.05) is 19.3 Å². The molecule has 0 saturated heterocycles. The Labute approximate surface area is 151 Å². The number of carbonyl (C=O) groups is 2. The van der Waals surface area contributed by atoms with Crippen molar-refractivity contribution in [3.8, 4) is 5.69 Å². The lowest BCUT2D eigenvalue weighted by Crippen LogP contribution is -2.34. The number of hydrogen-bond acceptors (Lipinski definition) is 4. The number of para-hydroxylation sites is 1. The summed E-state index contributed by atoms with van der Waals surface area (Å²) in [6, 6.07) is 7.69. The number of nitrogens with zero attached hydrogens (tertiary/aromatic N) is 2. The highest BCUT2D eigenvalue weighted by molar-refractivity contribution is 5.92. The molecule has 0 saturated carbocycles. The maximum Gasteiger partial charge on any atom is 0.407 e. The summed E-state index contributed by atoms with van der Waals surface area (Å²) in [5.74, 6) is -0.784. The molecule has 0 spiro atoms. The molecule has 1 heterocycles. The minimum atomic E-state index is -0.546. The summed E-state index contributed by atoms with van der Waals surface area (Å²) >= 11 is 0. The Balaban J connectivity index is 1.76. The van der Waals surface area contributed by atoms with Gasteiger partial charge in [0.1, 0.15) is 17.1 Å². The smallest absolute Gasteiger partial charge is 0.407 e. The highest BCUT2D eigenvalue weighted by Crippen LogP contribution is 2.12. The second-order valence-corrected chi connectivity index (χ2v) is 6.64. The summed E-state index contributed by atoms with van der Waals surface area (Å²) in [5, 5.41) is 9.39. The second kappa shape index (κ2) is 8.46. The van der Waals surface area contributed by atoms with E-state index in [2.05, 4.69) is 15.7 Å². The maximum absolute atomic E-state index is 13.7. The average Bonchev–Trinajstić information content (AvgIpc) is 3.03. The number of benzene rings is 1. The molecule has 0 atom stereocenters. The third-order valence-electron chi connectivity index (χ3n) is 3.23. The molecule has 0 aliphatic heterocycles. The third kappa shape index (κ3) is 5.87. The van der Waals surface area contributed by atoms with Crippen molar-refractivity contribution in [1.82, 2.24) is 20.4 Å². The molecule has 0 aliphatic rings. The lowest BCUT2D eigenvalue weighted by atomic mass is 10.2. The van der Waals surface area contributed by atoms with Crippen LogP contribution < -0.4 is 10.6 Å². The van der Waals surface area contributed by atoms with Crippen molar-refractivity contribution in [2.45, 2.75) is 32.8 Å². The van der Waals surface area contributed by atoms with E-state index in [4.69, 9.17) is 4.74 Å². The summed E-state index contributed by atoms with van der Waals surface area (Å²) in [6.45, 7) is 6.09. The highest BCUT2D eigenvalue weighted by atomic mass is 19.1. The summed E-state index contributed by atoms with van der Waals surface area (Å²) in [7, 11) is 0. The summed E-state index contributed by atoms with van der Waals surface area (Å²) in [4.78, 5) is 23.5. The van der Waals surface area contributed by atoms with Gasteiger partial charge in [0.2, 0.25) is 0 Å². The molecule has 1 aromatic heterocycles. The zero-order valence-electron chi connectivity index (χ0n) is 15.1. The molecule has 0 aliphatic carbocycles. The fraction of sp³-hybridized carbons (Fsp3) is 0.389. The second-order valence-electron chi connectivity index (χ2n) is 6.64. The minimum Gasteiger partial charge on any atom is -0.444 e.